The van der Waals surface area contributed by atoms with E-state index in [1.807, 2.05) is 0 Å². The van der Waals surface area contributed by atoms with Crippen molar-refractivity contribution >= 4 is 5.84 Å². The maximum Gasteiger partial charge on any atom is 0.0905 e. The van der Waals surface area contributed by atoms with Gasteiger partial charge in [-0.25, -0.2) is 0 Å². The first-order valence-corrected chi connectivity index (χ1v) is 7.05. The van der Waals surface area contributed by atoms with E-state index in [1.54, 1.807) is 0 Å². The fourth-order valence-electron chi connectivity index (χ4n) is 2.51. The van der Waals surface area contributed by atoms with Gasteiger partial charge in [0.05, 0.1) is 5.84 Å². The second kappa shape index (κ2) is 7.26. The van der Waals surface area contributed by atoms with Crippen LogP contribution >= 0.6 is 0 Å². The summed E-state index contributed by atoms with van der Waals surface area (Å²) in [5.74, 6) is 0.308. The lowest BCUT2D eigenvalue weighted by Gasteiger charge is -2.34. The molecule has 1 aliphatic heterocycles. The van der Waals surface area contributed by atoms with E-state index in [0.717, 1.165) is 52.1 Å². The van der Waals surface area contributed by atoms with Crippen LogP contribution in [0.3, 0.4) is 0 Å². The van der Waals surface area contributed by atoms with Crippen molar-refractivity contribution in [3.63, 3.8) is 0 Å². The van der Waals surface area contributed by atoms with E-state index in [4.69, 9.17) is 11.1 Å². The number of nitrogens with zero attached hydrogens (tertiary/aromatic N) is 2. The molecule has 0 unspecified atom stereocenters. The summed E-state index contributed by atoms with van der Waals surface area (Å²) in [6.45, 7) is 6.65. The average Bonchev–Trinajstić information content (AvgIpc) is 2.42. The van der Waals surface area contributed by atoms with Crippen molar-refractivity contribution in [2.45, 2.75) is 19.4 Å². The fraction of sp³-hybridized carbons (Fsp3) is 0.533. The van der Waals surface area contributed by atoms with E-state index in [2.05, 4.69) is 40.1 Å². The first kappa shape index (κ1) is 14.0. The summed E-state index contributed by atoms with van der Waals surface area (Å²) in [6.07, 6.45) is 1.73. The Kier molecular flexibility index (Phi) is 5.36. The highest BCUT2D eigenvalue weighted by molar-refractivity contribution is 5.76. The molecule has 0 amide bonds. The van der Waals surface area contributed by atoms with Crippen molar-refractivity contribution in [2.24, 2.45) is 5.73 Å². The quantitative estimate of drug-likeness (QED) is 0.602. The van der Waals surface area contributed by atoms with Crippen LogP contribution in [0, 0.1) is 5.41 Å². The Balaban J connectivity index is 1.66. The smallest absolute Gasteiger partial charge is 0.0905 e. The minimum atomic E-state index is 0.308. The molecule has 4 nitrogen and oxygen atoms in total. The van der Waals surface area contributed by atoms with Crippen molar-refractivity contribution in [3.8, 4) is 0 Å². The maximum absolute atomic E-state index is 7.22. The van der Waals surface area contributed by atoms with Gasteiger partial charge in [0, 0.05) is 39.1 Å². The second-order valence-corrected chi connectivity index (χ2v) is 5.23. The summed E-state index contributed by atoms with van der Waals surface area (Å²) in [5.41, 5.74) is 6.77. The molecule has 3 N–H and O–H groups in total. The van der Waals surface area contributed by atoms with Gasteiger partial charge in [-0.05, 0) is 18.5 Å². The van der Waals surface area contributed by atoms with Gasteiger partial charge in [-0.1, -0.05) is 30.3 Å². The van der Waals surface area contributed by atoms with Crippen molar-refractivity contribution < 1.29 is 0 Å². The van der Waals surface area contributed by atoms with Crippen LogP contribution in [0.4, 0.5) is 0 Å². The highest BCUT2D eigenvalue weighted by Gasteiger charge is 2.16. The van der Waals surface area contributed by atoms with Crippen LogP contribution in [0.2, 0.25) is 0 Å². The van der Waals surface area contributed by atoms with Crippen LogP contribution in [0.1, 0.15) is 18.4 Å². The molecule has 0 bridgehead atoms. The van der Waals surface area contributed by atoms with Gasteiger partial charge in [0.15, 0.2) is 0 Å². The summed E-state index contributed by atoms with van der Waals surface area (Å²) in [4.78, 5) is 4.99. The number of nitrogens with two attached hydrogens (primary N) is 1. The van der Waals surface area contributed by atoms with Crippen molar-refractivity contribution in [1.29, 1.82) is 5.41 Å². The molecular formula is C15H24N4. The molecule has 4 heteroatoms. The molecule has 0 saturated carbocycles. The van der Waals surface area contributed by atoms with E-state index in [0.29, 0.717) is 5.84 Å². The Morgan fingerprint density at radius 3 is 2.32 bits per heavy atom. The van der Waals surface area contributed by atoms with Gasteiger partial charge in [-0.2, -0.15) is 0 Å². The van der Waals surface area contributed by atoms with Gasteiger partial charge in [-0.3, -0.25) is 10.3 Å². The molecule has 1 aromatic rings. The molecule has 19 heavy (non-hydrogen) atoms. The molecule has 0 spiro atoms. The Morgan fingerprint density at radius 1 is 1.05 bits per heavy atom. The van der Waals surface area contributed by atoms with Gasteiger partial charge in [-0.15, -0.1) is 0 Å². The van der Waals surface area contributed by atoms with Gasteiger partial charge in [0.25, 0.3) is 0 Å². The summed E-state index contributed by atoms with van der Waals surface area (Å²) in [6, 6.07) is 10.7. The van der Waals surface area contributed by atoms with Crippen LogP contribution < -0.4 is 5.73 Å². The SMILES string of the molecule is N=C(N)CCCN1CCN(Cc2ccccc2)CC1. The molecule has 1 fully saturated rings. The number of piperazine rings is 1. The van der Waals surface area contributed by atoms with Gasteiger partial charge < -0.3 is 10.6 Å². The maximum atomic E-state index is 7.22. The molecule has 0 aromatic heterocycles. The molecule has 0 atom stereocenters. The molecule has 1 aliphatic rings. The largest absolute Gasteiger partial charge is 0.388 e. The van der Waals surface area contributed by atoms with E-state index < -0.39 is 0 Å². The van der Waals surface area contributed by atoms with Gasteiger partial charge in [0.2, 0.25) is 0 Å². The molecular weight excluding hydrogens is 236 g/mol. The lowest BCUT2D eigenvalue weighted by Crippen LogP contribution is -2.46. The van der Waals surface area contributed by atoms with Crippen molar-refractivity contribution in [3.05, 3.63) is 35.9 Å². The molecule has 104 valence electrons. The fourth-order valence-corrected chi connectivity index (χ4v) is 2.51. The molecule has 0 radical (unpaired) electrons. The predicted molar refractivity (Wildman–Crippen MR) is 79.3 cm³/mol. The van der Waals surface area contributed by atoms with Crippen LogP contribution in [-0.4, -0.2) is 48.4 Å². The third-order valence-corrected chi connectivity index (χ3v) is 3.63. The second-order valence-electron chi connectivity index (χ2n) is 5.23. The molecule has 2 rings (SSSR count). The topological polar surface area (TPSA) is 56.4 Å². The van der Waals surface area contributed by atoms with E-state index in [1.165, 1.54) is 5.56 Å². The third kappa shape index (κ3) is 5.01. The number of rotatable bonds is 6. The number of benzene rings is 1. The zero-order chi connectivity index (χ0) is 13.5. The summed E-state index contributed by atoms with van der Waals surface area (Å²) < 4.78 is 0. The molecule has 1 heterocycles. The lowest BCUT2D eigenvalue weighted by molar-refractivity contribution is 0.126. The van der Waals surface area contributed by atoms with Crippen LogP contribution in [0.15, 0.2) is 30.3 Å². The summed E-state index contributed by atoms with van der Waals surface area (Å²) in [5, 5.41) is 7.22. The number of amidine groups is 1. The molecule has 1 saturated heterocycles. The van der Waals surface area contributed by atoms with Crippen molar-refractivity contribution in [2.75, 3.05) is 32.7 Å². The van der Waals surface area contributed by atoms with Gasteiger partial charge >= 0.3 is 0 Å². The minimum absolute atomic E-state index is 0.308. The lowest BCUT2D eigenvalue weighted by atomic mass is 10.2. The highest BCUT2D eigenvalue weighted by Crippen LogP contribution is 2.08. The number of nitrogens with one attached hydrogen (secondary N) is 1. The van der Waals surface area contributed by atoms with Crippen LogP contribution in [0.25, 0.3) is 0 Å². The monoisotopic (exact) mass is 260 g/mol. The first-order valence-electron chi connectivity index (χ1n) is 7.05. The molecule has 0 aliphatic carbocycles. The average molecular weight is 260 g/mol. The van der Waals surface area contributed by atoms with Crippen LogP contribution in [0.5, 0.6) is 0 Å². The highest BCUT2D eigenvalue weighted by atomic mass is 15.3. The van der Waals surface area contributed by atoms with E-state index in [9.17, 15) is 0 Å². The van der Waals surface area contributed by atoms with Gasteiger partial charge in [0.1, 0.15) is 0 Å². The van der Waals surface area contributed by atoms with Crippen molar-refractivity contribution in [1.82, 2.24) is 9.80 Å². The number of hydrogen-bond donors (Lipinski definition) is 2. The Hall–Kier alpha value is -1.39. The minimum Gasteiger partial charge on any atom is -0.388 e. The first-order chi connectivity index (χ1) is 9.24. The molecule has 1 aromatic carbocycles. The van der Waals surface area contributed by atoms with Crippen LogP contribution in [-0.2, 0) is 6.54 Å². The summed E-state index contributed by atoms with van der Waals surface area (Å²) >= 11 is 0. The zero-order valence-electron chi connectivity index (χ0n) is 11.5. The van der Waals surface area contributed by atoms with E-state index >= 15 is 0 Å². The summed E-state index contributed by atoms with van der Waals surface area (Å²) in [7, 11) is 0. The normalized spacial score (nSPS) is 17.5. The predicted octanol–water partition coefficient (Wildman–Crippen LogP) is 1.52. The zero-order valence-corrected chi connectivity index (χ0v) is 11.5. The Labute approximate surface area is 115 Å². The Bertz CT molecular complexity index is 382. The Morgan fingerprint density at radius 2 is 1.68 bits per heavy atom. The van der Waals surface area contributed by atoms with E-state index in [-0.39, 0.29) is 0 Å². The standard InChI is InChI=1S/C15H24N4/c16-15(17)7-4-8-18-9-11-19(12-10-18)13-14-5-2-1-3-6-14/h1-3,5-6H,4,7-13H2,(H3,16,17). The number of hydrogen-bond acceptors (Lipinski definition) is 3. The third-order valence-electron chi connectivity index (χ3n) is 3.63.